The number of primary amides is 1. The summed E-state index contributed by atoms with van der Waals surface area (Å²) in [5.41, 5.74) is 5.71. The number of carbonyl (C=O) groups excluding carboxylic acids is 2. The molecule has 0 spiro atoms. The summed E-state index contributed by atoms with van der Waals surface area (Å²) in [6, 6.07) is 7.07. The van der Waals surface area contributed by atoms with E-state index in [1.807, 2.05) is 6.07 Å². The second-order valence-electron chi connectivity index (χ2n) is 6.91. The zero-order valence-corrected chi connectivity index (χ0v) is 15.9. The van der Waals surface area contributed by atoms with Crippen molar-refractivity contribution >= 4 is 11.8 Å². The van der Waals surface area contributed by atoms with Crippen LogP contribution in [0.4, 0.5) is 0 Å². The minimum atomic E-state index is -0.672. The molecular formula is C19H21N7O3. The number of hydrogen-bond acceptors (Lipinski definition) is 6. The lowest BCUT2D eigenvalue weighted by Gasteiger charge is -2.33. The van der Waals surface area contributed by atoms with E-state index in [0.717, 1.165) is 12.8 Å². The molecule has 1 fully saturated rings. The number of hydrogen-bond donors (Lipinski definition) is 1. The van der Waals surface area contributed by atoms with Gasteiger partial charge in [0.25, 0.3) is 11.8 Å². The van der Waals surface area contributed by atoms with Gasteiger partial charge in [0.15, 0.2) is 5.75 Å². The highest BCUT2D eigenvalue weighted by atomic mass is 16.5. The molecular weight excluding hydrogens is 374 g/mol. The monoisotopic (exact) mass is 395 g/mol. The Morgan fingerprint density at radius 1 is 1.28 bits per heavy atom. The standard InChI is InChI=1S/C19H21N7O3/c1-24-11-14(9-22-24)29-16-7-3-2-6-15(16)19(28)25-8-4-5-13(10-25)26-12-21-18(23-26)17(20)27/h2-3,6-7,9,11-13H,4-5,8,10H2,1H3,(H2,20,27). The fourth-order valence-corrected chi connectivity index (χ4v) is 3.40. The lowest BCUT2D eigenvalue weighted by Crippen LogP contribution is -2.41. The van der Waals surface area contributed by atoms with E-state index in [9.17, 15) is 9.59 Å². The summed E-state index contributed by atoms with van der Waals surface area (Å²) in [7, 11) is 1.80. The molecule has 1 aliphatic heterocycles. The molecule has 10 nitrogen and oxygen atoms in total. The number of aromatic nitrogens is 5. The van der Waals surface area contributed by atoms with Crippen LogP contribution >= 0.6 is 0 Å². The first-order valence-electron chi connectivity index (χ1n) is 9.27. The highest BCUT2D eigenvalue weighted by Gasteiger charge is 2.28. The van der Waals surface area contributed by atoms with Crippen LogP contribution in [0, 0.1) is 0 Å². The second kappa shape index (κ2) is 7.74. The maximum atomic E-state index is 13.2. The quantitative estimate of drug-likeness (QED) is 0.697. The topological polar surface area (TPSA) is 121 Å². The first-order chi connectivity index (χ1) is 14.0. The van der Waals surface area contributed by atoms with Crippen molar-refractivity contribution in [2.24, 2.45) is 12.8 Å². The maximum absolute atomic E-state index is 13.2. The molecule has 0 saturated carbocycles. The van der Waals surface area contributed by atoms with Gasteiger partial charge in [0.1, 0.15) is 12.1 Å². The Morgan fingerprint density at radius 3 is 2.83 bits per heavy atom. The molecule has 0 aliphatic carbocycles. The number of carbonyl (C=O) groups is 2. The highest BCUT2D eigenvalue weighted by molar-refractivity contribution is 5.97. The first kappa shape index (κ1) is 18.7. The van der Waals surface area contributed by atoms with Gasteiger partial charge in [0, 0.05) is 20.1 Å². The number of piperidine rings is 1. The molecule has 2 amide bonds. The molecule has 2 N–H and O–H groups in total. The van der Waals surface area contributed by atoms with E-state index >= 15 is 0 Å². The van der Waals surface area contributed by atoms with Crippen molar-refractivity contribution in [1.29, 1.82) is 0 Å². The Kier molecular flexibility index (Phi) is 4.98. The minimum absolute atomic E-state index is 0.0244. The third-order valence-electron chi connectivity index (χ3n) is 4.81. The Labute approximate surface area is 166 Å². The van der Waals surface area contributed by atoms with Crippen LogP contribution in [0.3, 0.4) is 0 Å². The van der Waals surface area contributed by atoms with Crippen molar-refractivity contribution in [2.45, 2.75) is 18.9 Å². The molecule has 1 atom stereocenters. The van der Waals surface area contributed by atoms with E-state index < -0.39 is 5.91 Å². The van der Waals surface area contributed by atoms with E-state index in [0.29, 0.717) is 30.2 Å². The van der Waals surface area contributed by atoms with Crippen LogP contribution in [0.1, 0.15) is 39.9 Å². The summed E-state index contributed by atoms with van der Waals surface area (Å²) in [5, 5.41) is 8.22. The molecule has 1 aromatic carbocycles. The van der Waals surface area contributed by atoms with Gasteiger partial charge in [-0.05, 0) is 25.0 Å². The maximum Gasteiger partial charge on any atom is 0.288 e. The lowest BCUT2D eigenvalue weighted by atomic mass is 10.0. The van der Waals surface area contributed by atoms with Crippen molar-refractivity contribution in [3.63, 3.8) is 0 Å². The Bertz CT molecular complexity index is 1040. The summed E-state index contributed by atoms with van der Waals surface area (Å²) >= 11 is 0. The van der Waals surface area contributed by atoms with E-state index in [1.165, 1.54) is 6.33 Å². The Balaban J connectivity index is 1.52. The average molecular weight is 395 g/mol. The largest absolute Gasteiger partial charge is 0.453 e. The molecule has 3 aromatic rings. The molecule has 0 bridgehead atoms. The van der Waals surface area contributed by atoms with E-state index in [1.54, 1.807) is 51.9 Å². The number of aryl methyl sites for hydroxylation is 1. The third-order valence-corrected chi connectivity index (χ3v) is 4.81. The zero-order valence-electron chi connectivity index (χ0n) is 15.9. The number of nitrogens with two attached hydrogens (primary N) is 1. The van der Waals surface area contributed by atoms with E-state index in [-0.39, 0.29) is 17.8 Å². The first-order valence-corrected chi connectivity index (χ1v) is 9.27. The molecule has 10 heteroatoms. The molecule has 1 saturated heterocycles. The summed E-state index contributed by atoms with van der Waals surface area (Å²) in [4.78, 5) is 30.2. The van der Waals surface area contributed by atoms with Crippen LogP contribution in [0.5, 0.6) is 11.5 Å². The van der Waals surface area contributed by atoms with Crippen molar-refractivity contribution < 1.29 is 14.3 Å². The second-order valence-corrected chi connectivity index (χ2v) is 6.91. The SMILES string of the molecule is Cn1cc(Oc2ccccc2C(=O)N2CCCC(n3cnc(C(N)=O)n3)C2)cn1. The van der Waals surface area contributed by atoms with Gasteiger partial charge in [-0.2, -0.15) is 5.10 Å². The van der Waals surface area contributed by atoms with Crippen LogP contribution in [0.15, 0.2) is 43.0 Å². The molecule has 150 valence electrons. The number of rotatable bonds is 5. The predicted molar refractivity (Wildman–Crippen MR) is 102 cm³/mol. The van der Waals surface area contributed by atoms with Crippen LogP contribution in [-0.2, 0) is 7.05 Å². The van der Waals surface area contributed by atoms with Gasteiger partial charge in [-0.25, -0.2) is 9.67 Å². The van der Waals surface area contributed by atoms with Crippen molar-refractivity contribution in [3.8, 4) is 11.5 Å². The fraction of sp³-hybridized carbons (Fsp3) is 0.316. The number of benzene rings is 1. The predicted octanol–water partition coefficient (Wildman–Crippen LogP) is 1.38. The Hall–Kier alpha value is -3.69. The summed E-state index contributed by atoms with van der Waals surface area (Å²) in [6.45, 7) is 1.09. The van der Waals surface area contributed by atoms with Gasteiger partial charge in [-0.15, -0.1) is 5.10 Å². The highest BCUT2D eigenvalue weighted by Crippen LogP contribution is 2.28. The molecule has 2 aromatic heterocycles. The van der Waals surface area contributed by atoms with Crippen molar-refractivity contribution in [3.05, 3.63) is 54.4 Å². The molecule has 29 heavy (non-hydrogen) atoms. The fourth-order valence-electron chi connectivity index (χ4n) is 3.40. The van der Waals surface area contributed by atoms with Gasteiger partial charge >= 0.3 is 0 Å². The summed E-state index contributed by atoms with van der Waals surface area (Å²) in [6.07, 6.45) is 6.46. The number of para-hydroxylation sites is 1. The third kappa shape index (κ3) is 3.96. The normalized spacial score (nSPS) is 16.6. The van der Waals surface area contributed by atoms with E-state index in [4.69, 9.17) is 10.5 Å². The molecule has 4 rings (SSSR count). The van der Waals surface area contributed by atoms with Gasteiger partial charge in [0.2, 0.25) is 5.82 Å². The van der Waals surface area contributed by atoms with Gasteiger partial charge in [-0.1, -0.05) is 12.1 Å². The molecule has 1 unspecified atom stereocenters. The average Bonchev–Trinajstić information content (AvgIpc) is 3.37. The van der Waals surface area contributed by atoms with Crippen LogP contribution in [0.25, 0.3) is 0 Å². The number of ether oxygens (including phenoxy) is 1. The lowest BCUT2D eigenvalue weighted by molar-refractivity contribution is 0.0669. The van der Waals surface area contributed by atoms with Crippen LogP contribution in [-0.4, -0.2) is 54.3 Å². The molecule has 0 radical (unpaired) electrons. The summed E-state index contributed by atoms with van der Waals surface area (Å²) in [5.74, 6) is 0.220. The van der Waals surface area contributed by atoms with Crippen LogP contribution in [0.2, 0.25) is 0 Å². The van der Waals surface area contributed by atoms with Gasteiger partial charge in [0.05, 0.1) is 24.0 Å². The molecule has 3 heterocycles. The van der Waals surface area contributed by atoms with Gasteiger partial charge in [-0.3, -0.25) is 14.3 Å². The minimum Gasteiger partial charge on any atom is -0.453 e. The van der Waals surface area contributed by atoms with Crippen LogP contribution < -0.4 is 10.5 Å². The zero-order chi connectivity index (χ0) is 20.4. The van der Waals surface area contributed by atoms with Gasteiger partial charge < -0.3 is 15.4 Å². The smallest absolute Gasteiger partial charge is 0.288 e. The van der Waals surface area contributed by atoms with Crippen molar-refractivity contribution in [1.82, 2.24) is 29.4 Å². The van der Waals surface area contributed by atoms with Crippen molar-refractivity contribution in [2.75, 3.05) is 13.1 Å². The molecule has 1 aliphatic rings. The number of amides is 2. The Morgan fingerprint density at radius 2 is 2.10 bits per heavy atom. The summed E-state index contributed by atoms with van der Waals surface area (Å²) < 4.78 is 9.11. The number of nitrogens with zero attached hydrogens (tertiary/aromatic N) is 6. The number of likely N-dealkylation sites (tertiary alicyclic amines) is 1. The van der Waals surface area contributed by atoms with E-state index in [2.05, 4.69) is 15.2 Å².